The second-order valence-electron chi connectivity index (χ2n) is 5.86. The molecule has 0 radical (unpaired) electrons. The lowest BCUT2D eigenvalue weighted by molar-refractivity contribution is -0.112. The Hall–Kier alpha value is -2.08. The van der Waals surface area contributed by atoms with Gasteiger partial charge in [-0.3, -0.25) is 4.79 Å². The lowest BCUT2D eigenvalue weighted by Crippen LogP contribution is -2.33. The Morgan fingerprint density at radius 1 is 1.17 bits per heavy atom. The third-order valence-corrected chi connectivity index (χ3v) is 4.43. The summed E-state index contributed by atoms with van der Waals surface area (Å²) in [6.45, 7) is 4.08. The van der Waals surface area contributed by atoms with Gasteiger partial charge in [-0.2, -0.15) is 0 Å². The zero-order valence-electron chi connectivity index (χ0n) is 13.7. The van der Waals surface area contributed by atoms with Gasteiger partial charge < -0.3 is 19.4 Å². The number of anilines is 1. The van der Waals surface area contributed by atoms with Gasteiger partial charge in [0.2, 0.25) is 0 Å². The molecule has 1 aromatic carbocycles. The minimum Gasteiger partial charge on any atom is -0.497 e. The lowest BCUT2D eigenvalue weighted by Gasteiger charge is -2.19. The largest absolute Gasteiger partial charge is 0.497 e. The van der Waals surface area contributed by atoms with Crippen LogP contribution < -0.4 is 9.64 Å². The quantitative estimate of drug-likeness (QED) is 0.752. The Balaban J connectivity index is 1.75. The number of benzene rings is 1. The lowest BCUT2D eigenvalue weighted by atomic mass is 10.1. The van der Waals surface area contributed by atoms with Crippen molar-refractivity contribution in [2.45, 2.75) is 19.3 Å². The highest BCUT2D eigenvalue weighted by molar-refractivity contribution is 6.54. The Morgan fingerprint density at radius 3 is 2.65 bits per heavy atom. The van der Waals surface area contributed by atoms with Crippen LogP contribution in [0.25, 0.3) is 0 Å². The molecule has 6 heteroatoms. The van der Waals surface area contributed by atoms with Crippen molar-refractivity contribution in [1.82, 2.24) is 4.90 Å². The van der Waals surface area contributed by atoms with Gasteiger partial charge in [-0.15, -0.1) is 0 Å². The number of carbonyl (C=O) groups excluding carboxylic acids is 1. The first-order valence-electron chi connectivity index (χ1n) is 8.08. The Labute approximate surface area is 136 Å². The molecule has 1 amide bonds. The number of fused-ring (bicyclic) bond motifs is 1. The topological polar surface area (TPSA) is 54.4 Å². The summed E-state index contributed by atoms with van der Waals surface area (Å²) < 4.78 is 5.25. The first kappa shape index (κ1) is 15.8. The Kier molecular flexibility index (Phi) is 4.81. The van der Waals surface area contributed by atoms with Crippen molar-refractivity contribution in [3.8, 4) is 5.75 Å². The summed E-state index contributed by atoms with van der Waals surface area (Å²) in [6, 6.07) is 5.63. The normalized spacial score (nSPS) is 19.5. The molecule has 0 aromatic heterocycles. The van der Waals surface area contributed by atoms with Crippen LogP contribution in [0.4, 0.5) is 5.69 Å². The summed E-state index contributed by atoms with van der Waals surface area (Å²) in [6.07, 6.45) is 3.53. The zero-order chi connectivity index (χ0) is 16.2. The van der Waals surface area contributed by atoms with Crippen LogP contribution in [0.2, 0.25) is 0 Å². The molecular formula is C17H23N3O3. The van der Waals surface area contributed by atoms with Gasteiger partial charge >= 0.3 is 0 Å². The van der Waals surface area contributed by atoms with E-state index in [0.29, 0.717) is 18.0 Å². The molecule has 0 unspecified atom stereocenters. The SMILES string of the molecule is CON=C1C(=O)N(CCCN2CCCC2)c2ccc(OC)cc21. The van der Waals surface area contributed by atoms with Gasteiger partial charge in [0.1, 0.15) is 12.9 Å². The van der Waals surface area contributed by atoms with Crippen LogP contribution >= 0.6 is 0 Å². The number of carbonyl (C=O) groups is 1. The number of likely N-dealkylation sites (tertiary alicyclic amines) is 1. The maximum Gasteiger partial charge on any atom is 0.281 e. The molecule has 6 nitrogen and oxygen atoms in total. The number of methoxy groups -OCH3 is 1. The highest BCUT2D eigenvalue weighted by Crippen LogP contribution is 2.32. The van der Waals surface area contributed by atoms with E-state index in [-0.39, 0.29) is 5.91 Å². The fraction of sp³-hybridized carbons (Fsp3) is 0.529. The fourth-order valence-corrected chi connectivity index (χ4v) is 3.28. The Morgan fingerprint density at radius 2 is 1.96 bits per heavy atom. The predicted octanol–water partition coefficient (Wildman–Crippen LogP) is 1.88. The first-order valence-corrected chi connectivity index (χ1v) is 8.08. The molecule has 124 valence electrons. The van der Waals surface area contributed by atoms with E-state index in [4.69, 9.17) is 9.57 Å². The molecule has 0 N–H and O–H groups in total. The third kappa shape index (κ3) is 3.17. The molecule has 0 spiro atoms. The van der Waals surface area contributed by atoms with E-state index in [1.54, 1.807) is 12.0 Å². The van der Waals surface area contributed by atoms with Gasteiger partial charge in [0, 0.05) is 12.1 Å². The molecule has 2 heterocycles. The fourth-order valence-electron chi connectivity index (χ4n) is 3.28. The van der Waals surface area contributed by atoms with Crippen LogP contribution in [0.3, 0.4) is 0 Å². The number of nitrogens with zero attached hydrogens (tertiary/aromatic N) is 3. The summed E-state index contributed by atoms with van der Waals surface area (Å²) >= 11 is 0. The molecule has 1 aromatic rings. The number of oxime groups is 1. The molecule has 0 bridgehead atoms. The van der Waals surface area contributed by atoms with Crippen LogP contribution in [0.5, 0.6) is 5.75 Å². The number of hydrogen-bond donors (Lipinski definition) is 0. The average molecular weight is 317 g/mol. The van der Waals surface area contributed by atoms with Crippen molar-refractivity contribution < 1.29 is 14.4 Å². The van der Waals surface area contributed by atoms with Gasteiger partial charge in [-0.25, -0.2) is 0 Å². The summed E-state index contributed by atoms with van der Waals surface area (Å²) in [5, 5.41) is 3.92. The van der Waals surface area contributed by atoms with Crippen molar-refractivity contribution in [2.24, 2.45) is 5.16 Å². The average Bonchev–Trinajstić information content (AvgIpc) is 3.17. The van der Waals surface area contributed by atoms with Crippen molar-refractivity contribution in [3.63, 3.8) is 0 Å². The van der Waals surface area contributed by atoms with E-state index >= 15 is 0 Å². The number of hydrogen-bond acceptors (Lipinski definition) is 5. The number of ether oxygens (including phenoxy) is 1. The van der Waals surface area contributed by atoms with E-state index in [1.807, 2.05) is 18.2 Å². The second-order valence-corrected chi connectivity index (χ2v) is 5.86. The predicted molar refractivity (Wildman–Crippen MR) is 89.2 cm³/mol. The van der Waals surface area contributed by atoms with E-state index in [9.17, 15) is 4.79 Å². The van der Waals surface area contributed by atoms with E-state index < -0.39 is 0 Å². The second kappa shape index (κ2) is 7.00. The van der Waals surface area contributed by atoms with Gasteiger partial charge in [-0.05, 0) is 57.1 Å². The summed E-state index contributed by atoms with van der Waals surface area (Å²) in [5.74, 6) is 0.607. The van der Waals surface area contributed by atoms with E-state index in [2.05, 4.69) is 10.1 Å². The maximum atomic E-state index is 12.6. The van der Waals surface area contributed by atoms with Crippen molar-refractivity contribution in [2.75, 3.05) is 45.3 Å². The molecule has 0 aliphatic carbocycles. The van der Waals surface area contributed by atoms with Crippen LogP contribution in [-0.4, -0.2) is 56.9 Å². The molecule has 0 atom stereocenters. The molecule has 1 saturated heterocycles. The van der Waals surface area contributed by atoms with Gasteiger partial charge in [-0.1, -0.05) is 5.16 Å². The minimum atomic E-state index is -0.100. The van der Waals surface area contributed by atoms with Crippen LogP contribution in [-0.2, 0) is 9.63 Å². The molecular weight excluding hydrogens is 294 g/mol. The van der Waals surface area contributed by atoms with Gasteiger partial charge in [0.05, 0.1) is 12.8 Å². The standard InChI is InChI=1S/C17H23N3O3/c1-22-13-6-7-15-14(12-13)16(18-23-2)17(21)20(15)11-5-10-19-8-3-4-9-19/h6-7,12H,3-5,8-11H2,1-2H3. The highest BCUT2D eigenvalue weighted by atomic mass is 16.6. The number of amides is 1. The molecule has 1 fully saturated rings. The van der Waals surface area contributed by atoms with E-state index in [1.165, 1.54) is 33.0 Å². The smallest absolute Gasteiger partial charge is 0.281 e. The summed E-state index contributed by atoms with van der Waals surface area (Å²) in [7, 11) is 3.07. The Bertz CT molecular complexity index is 609. The molecule has 2 aliphatic rings. The summed E-state index contributed by atoms with van der Waals surface area (Å²) in [4.78, 5) is 21.7. The molecule has 0 saturated carbocycles. The van der Waals surface area contributed by atoms with Crippen LogP contribution in [0.1, 0.15) is 24.8 Å². The van der Waals surface area contributed by atoms with Crippen LogP contribution in [0.15, 0.2) is 23.4 Å². The van der Waals surface area contributed by atoms with Gasteiger partial charge in [0.15, 0.2) is 5.71 Å². The maximum absolute atomic E-state index is 12.6. The minimum absolute atomic E-state index is 0.100. The monoisotopic (exact) mass is 317 g/mol. The summed E-state index contributed by atoms with van der Waals surface area (Å²) in [5.41, 5.74) is 2.01. The number of rotatable bonds is 6. The van der Waals surface area contributed by atoms with Gasteiger partial charge in [0.25, 0.3) is 5.91 Å². The van der Waals surface area contributed by atoms with E-state index in [0.717, 1.165) is 24.2 Å². The first-order chi connectivity index (χ1) is 11.2. The van der Waals surface area contributed by atoms with Crippen molar-refractivity contribution in [1.29, 1.82) is 0 Å². The molecule has 3 rings (SSSR count). The van der Waals surface area contributed by atoms with Crippen molar-refractivity contribution >= 4 is 17.3 Å². The van der Waals surface area contributed by atoms with Crippen molar-refractivity contribution in [3.05, 3.63) is 23.8 Å². The zero-order valence-corrected chi connectivity index (χ0v) is 13.7. The third-order valence-electron chi connectivity index (χ3n) is 4.43. The highest BCUT2D eigenvalue weighted by Gasteiger charge is 2.34. The molecule has 2 aliphatic heterocycles. The molecule has 23 heavy (non-hydrogen) atoms. The van der Waals surface area contributed by atoms with Crippen LogP contribution in [0, 0.1) is 0 Å².